The van der Waals surface area contributed by atoms with Crippen LogP contribution in [0, 0.1) is 11.8 Å². The molecule has 5 nitrogen and oxygen atoms in total. The Hall–Kier alpha value is -1.60. The molecule has 2 heterocycles. The number of hydrogen-bond donors (Lipinski definition) is 1. The van der Waals surface area contributed by atoms with E-state index in [1.807, 2.05) is 7.05 Å². The molecular weight excluding hydrogens is 256 g/mol. The number of morpholine rings is 1. The van der Waals surface area contributed by atoms with Gasteiger partial charge in [0, 0.05) is 25.8 Å². The number of nitrogens with zero attached hydrogens (tertiary/aromatic N) is 2. The number of aromatic nitrogens is 1. The van der Waals surface area contributed by atoms with Crippen LogP contribution in [0.1, 0.15) is 10.4 Å². The van der Waals surface area contributed by atoms with Crippen molar-refractivity contribution in [2.24, 2.45) is 0 Å². The summed E-state index contributed by atoms with van der Waals surface area (Å²) in [4.78, 5) is 16.9. The van der Waals surface area contributed by atoms with Gasteiger partial charge in [0.15, 0.2) is 5.82 Å². The van der Waals surface area contributed by atoms with Gasteiger partial charge in [0.25, 0.3) is 5.91 Å². The standard InChI is InChI=1S/C12H15F2N3O2/c1-17-4-5-19-8(7-17)6-16-12(18)9-2-3-15-11(14)10(9)13/h2-3,8H,4-7H2,1H3,(H,16,18). The normalized spacial score (nSPS) is 20.3. The van der Waals surface area contributed by atoms with Crippen molar-refractivity contribution < 1.29 is 18.3 Å². The van der Waals surface area contributed by atoms with Crippen LogP contribution in [0.25, 0.3) is 0 Å². The molecule has 19 heavy (non-hydrogen) atoms. The van der Waals surface area contributed by atoms with Crippen LogP contribution in [-0.2, 0) is 4.74 Å². The van der Waals surface area contributed by atoms with Gasteiger partial charge in [0.2, 0.25) is 5.95 Å². The molecule has 0 aromatic carbocycles. The van der Waals surface area contributed by atoms with Crippen molar-refractivity contribution in [3.8, 4) is 0 Å². The van der Waals surface area contributed by atoms with E-state index >= 15 is 0 Å². The second kappa shape index (κ2) is 6.03. The Bertz CT molecular complexity index is 470. The monoisotopic (exact) mass is 271 g/mol. The number of halogens is 2. The highest BCUT2D eigenvalue weighted by Gasteiger charge is 2.20. The minimum atomic E-state index is -1.28. The molecule has 0 spiro atoms. The molecule has 1 aliphatic rings. The van der Waals surface area contributed by atoms with Crippen molar-refractivity contribution in [3.63, 3.8) is 0 Å². The summed E-state index contributed by atoms with van der Waals surface area (Å²) in [5.74, 6) is -3.18. The third-order valence-corrected chi connectivity index (χ3v) is 2.92. The predicted octanol–water partition coefficient (Wildman–Crippen LogP) is 0.420. The number of rotatable bonds is 3. The summed E-state index contributed by atoms with van der Waals surface area (Å²) in [7, 11) is 1.95. The molecule has 1 aromatic rings. The quantitative estimate of drug-likeness (QED) is 0.810. The molecule has 2 rings (SSSR count). The highest BCUT2D eigenvalue weighted by molar-refractivity contribution is 5.94. The molecule has 1 fully saturated rings. The SMILES string of the molecule is CN1CCOC(CNC(=O)c2ccnc(F)c2F)C1. The summed E-state index contributed by atoms with van der Waals surface area (Å²) in [5.41, 5.74) is -0.350. The Morgan fingerprint density at radius 3 is 3.16 bits per heavy atom. The predicted molar refractivity (Wildman–Crippen MR) is 63.7 cm³/mol. The van der Waals surface area contributed by atoms with Crippen LogP contribution in [0.3, 0.4) is 0 Å². The van der Waals surface area contributed by atoms with Crippen molar-refractivity contribution in [2.75, 3.05) is 33.3 Å². The van der Waals surface area contributed by atoms with Gasteiger partial charge in [0.05, 0.1) is 18.3 Å². The number of ether oxygens (including phenoxy) is 1. The second-order valence-electron chi connectivity index (χ2n) is 4.43. The maximum atomic E-state index is 13.3. The summed E-state index contributed by atoms with van der Waals surface area (Å²) in [6, 6.07) is 1.14. The number of likely N-dealkylation sites (N-methyl/N-ethyl adjacent to an activating group) is 1. The number of hydrogen-bond acceptors (Lipinski definition) is 4. The number of pyridine rings is 1. The van der Waals surface area contributed by atoms with E-state index in [0.29, 0.717) is 13.2 Å². The third-order valence-electron chi connectivity index (χ3n) is 2.92. The maximum absolute atomic E-state index is 13.3. The van der Waals surface area contributed by atoms with Gasteiger partial charge in [-0.2, -0.15) is 4.39 Å². The molecular formula is C12H15F2N3O2. The number of carbonyl (C=O) groups excluding carboxylic acids is 1. The highest BCUT2D eigenvalue weighted by atomic mass is 19.2. The molecule has 1 amide bonds. The van der Waals surface area contributed by atoms with Crippen LogP contribution >= 0.6 is 0 Å². The lowest BCUT2D eigenvalue weighted by atomic mass is 10.2. The van der Waals surface area contributed by atoms with E-state index < -0.39 is 17.7 Å². The molecule has 1 unspecified atom stereocenters. The van der Waals surface area contributed by atoms with Gasteiger partial charge in [-0.25, -0.2) is 9.37 Å². The molecule has 1 saturated heterocycles. The fourth-order valence-electron chi connectivity index (χ4n) is 1.89. The Kier molecular flexibility index (Phi) is 4.39. The van der Waals surface area contributed by atoms with Gasteiger partial charge >= 0.3 is 0 Å². The van der Waals surface area contributed by atoms with Crippen LogP contribution in [0.15, 0.2) is 12.3 Å². The average molecular weight is 271 g/mol. The lowest BCUT2D eigenvalue weighted by Gasteiger charge is -2.30. The van der Waals surface area contributed by atoms with Gasteiger partial charge in [-0.3, -0.25) is 4.79 Å². The summed E-state index contributed by atoms with van der Waals surface area (Å²) < 4.78 is 31.7. The van der Waals surface area contributed by atoms with Crippen molar-refractivity contribution in [1.29, 1.82) is 0 Å². The largest absolute Gasteiger partial charge is 0.374 e. The van der Waals surface area contributed by atoms with E-state index in [9.17, 15) is 13.6 Å². The molecule has 0 saturated carbocycles. The van der Waals surface area contributed by atoms with Crippen molar-refractivity contribution in [2.45, 2.75) is 6.10 Å². The highest BCUT2D eigenvalue weighted by Crippen LogP contribution is 2.09. The molecule has 1 atom stereocenters. The van der Waals surface area contributed by atoms with E-state index in [-0.39, 0.29) is 18.2 Å². The first-order valence-corrected chi connectivity index (χ1v) is 5.96. The molecule has 0 bridgehead atoms. The Labute approximate surface area is 109 Å². The van der Waals surface area contributed by atoms with Crippen molar-refractivity contribution in [1.82, 2.24) is 15.2 Å². The van der Waals surface area contributed by atoms with E-state index in [0.717, 1.165) is 18.8 Å². The van der Waals surface area contributed by atoms with Gasteiger partial charge in [0.1, 0.15) is 0 Å². The Morgan fingerprint density at radius 1 is 1.63 bits per heavy atom. The second-order valence-corrected chi connectivity index (χ2v) is 4.43. The molecule has 1 N–H and O–H groups in total. The van der Waals surface area contributed by atoms with Crippen LogP contribution in [-0.4, -0.2) is 55.2 Å². The number of carbonyl (C=O) groups is 1. The number of nitrogens with one attached hydrogen (secondary N) is 1. The maximum Gasteiger partial charge on any atom is 0.254 e. The summed E-state index contributed by atoms with van der Waals surface area (Å²) >= 11 is 0. The Morgan fingerprint density at radius 2 is 2.42 bits per heavy atom. The first kappa shape index (κ1) is 13.8. The van der Waals surface area contributed by atoms with Crippen LogP contribution in [0.5, 0.6) is 0 Å². The van der Waals surface area contributed by atoms with E-state index in [1.165, 1.54) is 0 Å². The number of amides is 1. The zero-order valence-electron chi connectivity index (χ0n) is 10.5. The summed E-state index contributed by atoms with van der Waals surface area (Å²) in [6.45, 7) is 2.38. The van der Waals surface area contributed by atoms with Gasteiger partial charge in [-0.15, -0.1) is 0 Å². The lowest BCUT2D eigenvalue weighted by molar-refractivity contribution is -0.0175. The Balaban J connectivity index is 1.92. The fraction of sp³-hybridized carbons (Fsp3) is 0.500. The molecule has 1 aliphatic heterocycles. The van der Waals surface area contributed by atoms with Gasteiger partial charge < -0.3 is 15.0 Å². The van der Waals surface area contributed by atoms with E-state index in [4.69, 9.17) is 4.74 Å². The lowest BCUT2D eigenvalue weighted by Crippen LogP contribution is -2.46. The van der Waals surface area contributed by atoms with E-state index in [2.05, 4.69) is 15.2 Å². The zero-order chi connectivity index (χ0) is 13.8. The van der Waals surface area contributed by atoms with Crippen molar-refractivity contribution in [3.05, 3.63) is 29.6 Å². The van der Waals surface area contributed by atoms with Crippen LogP contribution in [0.2, 0.25) is 0 Å². The van der Waals surface area contributed by atoms with Crippen LogP contribution < -0.4 is 5.32 Å². The molecule has 1 aromatic heterocycles. The minimum Gasteiger partial charge on any atom is -0.374 e. The first-order chi connectivity index (χ1) is 9.08. The van der Waals surface area contributed by atoms with Gasteiger partial charge in [-0.1, -0.05) is 0 Å². The van der Waals surface area contributed by atoms with E-state index in [1.54, 1.807) is 0 Å². The summed E-state index contributed by atoms with van der Waals surface area (Å²) in [6.07, 6.45) is 0.913. The molecule has 0 radical (unpaired) electrons. The molecule has 104 valence electrons. The molecule has 0 aliphatic carbocycles. The topological polar surface area (TPSA) is 54.5 Å². The van der Waals surface area contributed by atoms with Crippen molar-refractivity contribution >= 4 is 5.91 Å². The third kappa shape index (κ3) is 3.45. The summed E-state index contributed by atoms with van der Waals surface area (Å²) in [5, 5.41) is 2.53. The average Bonchev–Trinajstić information content (AvgIpc) is 2.39. The smallest absolute Gasteiger partial charge is 0.254 e. The van der Waals surface area contributed by atoms with Gasteiger partial charge in [-0.05, 0) is 13.1 Å². The molecule has 7 heteroatoms. The fourth-order valence-corrected chi connectivity index (χ4v) is 1.89. The first-order valence-electron chi connectivity index (χ1n) is 5.96. The minimum absolute atomic E-state index is 0.141. The van der Waals surface area contributed by atoms with Crippen LogP contribution in [0.4, 0.5) is 8.78 Å². The zero-order valence-corrected chi connectivity index (χ0v) is 10.5.